The van der Waals surface area contributed by atoms with Gasteiger partial charge in [0.2, 0.25) is 11.9 Å². The molecule has 220 valence electrons. The second-order valence-corrected chi connectivity index (χ2v) is 10.7. The summed E-state index contributed by atoms with van der Waals surface area (Å²) in [5.41, 5.74) is 4.15. The minimum atomic E-state index is -0.238. The number of anilines is 3. The fourth-order valence-corrected chi connectivity index (χ4v) is 5.23. The Hall–Kier alpha value is -3.79. The highest BCUT2D eigenvalue weighted by Gasteiger charge is 2.26. The van der Waals surface area contributed by atoms with Crippen LogP contribution in [-0.2, 0) is 9.53 Å². The van der Waals surface area contributed by atoms with Gasteiger partial charge in [0.25, 0.3) is 0 Å². The first-order chi connectivity index (χ1) is 19.7. The smallest absolute Gasteiger partial charge is 0.228 e. The van der Waals surface area contributed by atoms with Crippen molar-refractivity contribution >= 4 is 23.5 Å². The number of nitrogens with one attached hydrogen (secondary N) is 1. The van der Waals surface area contributed by atoms with Crippen LogP contribution in [0.4, 0.5) is 22.0 Å². The molecular formula is C31H42FN7O2. The highest BCUT2D eigenvalue weighted by molar-refractivity contribution is 5.72. The molecule has 3 aromatic rings. The van der Waals surface area contributed by atoms with Crippen molar-refractivity contribution in [1.82, 2.24) is 20.3 Å². The maximum atomic E-state index is 13.5. The van der Waals surface area contributed by atoms with E-state index in [4.69, 9.17) is 9.97 Å². The monoisotopic (exact) mass is 563 g/mol. The van der Waals surface area contributed by atoms with Crippen molar-refractivity contribution in [3.63, 3.8) is 0 Å². The number of aryl methyl sites for hydroxylation is 2. The standard InChI is InChI=1S/C26H31FN6.C5H11NO2/c1-18-15-19(2)25(28-17-18)32-13-11-31(12-14-32)24-16-23(21-6-8-22(27)9-7-21)29-26(30-24)33-10-4-5-20(33)3;1-5(7)6-3-4-8-2/h6-9,15-17,20H,4-5,10-14H2,1-3H3;3-4H2,1-2H3,(H,6,7). The molecule has 5 rings (SSSR count). The normalized spacial score (nSPS) is 16.8. The number of amides is 1. The summed E-state index contributed by atoms with van der Waals surface area (Å²) in [7, 11) is 1.60. The number of ether oxygens (including phenoxy) is 1. The first-order valence-electron chi connectivity index (χ1n) is 14.3. The number of carbonyl (C=O) groups is 1. The van der Waals surface area contributed by atoms with Crippen LogP contribution in [0.5, 0.6) is 0 Å². The summed E-state index contributed by atoms with van der Waals surface area (Å²) in [5.74, 6) is 2.53. The van der Waals surface area contributed by atoms with Crippen molar-refractivity contribution in [2.45, 2.75) is 46.6 Å². The average Bonchev–Trinajstić information content (AvgIpc) is 3.39. The lowest BCUT2D eigenvalue weighted by Gasteiger charge is -2.37. The molecule has 0 saturated carbocycles. The third-order valence-corrected chi connectivity index (χ3v) is 7.42. The number of aromatic nitrogens is 3. The summed E-state index contributed by atoms with van der Waals surface area (Å²) in [4.78, 5) is 31.7. The largest absolute Gasteiger partial charge is 0.383 e. The van der Waals surface area contributed by atoms with E-state index in [2.05, 4.69) is 56.6 Å². The van der Waals surface area contributed by atoms with Crippen molar-refractivity contribution in [2.24, 2.45) is 0 Å². The van der Waals surface area contributed by atoms with E-state index < -0.39 is 0 Å². The van der Waals surface area contributed by atoms with Gasteiger partial charge >= 0.3 is 0 Å². The second kappa shape index (κ2) is 14.2. The van der Waals surface area contributed by atoms with Gasteiger partial charge in [-0.05, 0) is 69.0 Å². The Balaban J connectivity index is 0.000000426. The minimum Gasteiger partial charge on any atom is -0.383 e. The zero-order valence-electron chi connectivity index (χ0n) is 24.9. The zero-order chi connectivity index (χ0) is 29.4. The van der Waals surface area contributed by atoms with E-state index in [-0.39, 0.29) is 11.7 Å². The van der Waals surface area contributed by atoms with Crippen LogP contribution in [0.2, 0.25) is 0 Å². The molecule has 2 saturated heterocycles. The maximum Gasteiger partial charge on any atom is 0.228 e. The Kier molecular flexibility index (Phi) is 10.5. The average molecular weight is 564 g/mol. The van der Waals surface area contributed by atoms with Gasteiger partial charge in [0.05, 0.1) is 12.3 Å². The molecule has 0 aliphatic carbocycles. The molecule has 2 fully saturated rings. The van der Waals surface area contributed by atoms with E-state index in [1.54, 1.807) is 19.2 Å². The molecule has 1 aromatic carbocycles. The number of methoxy groups -OCH3 is 1. The summed E-state index contributed by atoms with van der Waals surface area (Å²) in [6, 6.07) is 11.2. The SMILES string of the molecule is COCCNC(C)=O.Cc1cnc(N2CCN(c3cc(-c4ccc(F)cc4)nc(N4CCCC4C)n3)CC2)c(C)c1. The molecule has 1 N–H and O–H groups in total. The lowest BCUT2D eigenvalue weighted by Crippen LogP contribution is -2.47. The van der Waals surface area contributed by atoms with Gasteiger partial charge in [0.15, 0.2) is 0 Å². The molecule has 0 radical (unpaired) electrons. The number of nitrogens with zero attached hydrogens (tertiary/aromatic N) is 6. The fourth-order valence-electron chi connectivity index (χ4n) is 5.23. The summed E-state index contributed by atoms with van der Waals surface area (Å²) < 4.78 is 18.2. The third-order valence-electron chi connectivity index (χ3n) is 7.42. The Labute approximate surface area is 242 Å². The molecule has 0 spiro atoms. The first kappa shape index (κ1) is 30.2. The van der Waals surface area contributed by atoms with Crippen LogP contribution in [0.25, 0.3) is 11.3 Å². The summed E-state index contributed by atoms with van der Waals surface area (Å²) in [6.07, 6.45) is 4.25. The number of pyridine rings is 1. The molecule has 1 unspecified atom stereocenters. The van der Waals surface area contributed by atoms with E-state index in [0.717, 1.165) is 74.4 Å². The number of halogens is 1. The van der Waals surface area contributed by atoms with E-state index in [0.29, 0.717) is 19.2 Å². The van der Waals surface area contributed by atoms with E-state index in [9.17, 15) is 9.18 Å². The number of rotatable bonds is 7. The van der Waals surface area contributed by atoms with Crippen molar-refractivity contribution in [3.8, 4) is 11.3 Å². The minimum absolute atomic E-state index is 0.0120. The highest BCUT2D eigenvalue weighted by atomic mass is 19.1. The topological polar surface area (TPSA) is 86.7 Å². The van der Waals surface area contributed by atoms with E-state index >= 15 is 0 Å². The molecule has 1 amide bonds. The van der Waals surface area contributed by atoms with Gasteiger partial charge in [-0.25, -0.2) is 14.4 Å². The maximum absolute atomic E-state index is 13.5. The fraction of sp³-hybridized carbons (Fsp3) is 0.484. The quantitative estimate of drug-likeness (QED) is 0.424. The molecule has 1 atom stereocenters. The summed E-state index contributed by atoms with van der Waals surface area (Å²) in [6.45, 7) is 13.6. The van der Waals surface area contributed by atoms with Crippen LogP contribution >= 0.6 is 0 Å². The number of carbonyl (C=O) groups excluding carboxylic acids is 1. The van der Waals surface area contributed by atoms with Crippen LogP contribution in [0, 0.1) is 19.7 Å². The molecule has 2 aliphatic heterocycles. The van der Waals surface area contributed by atoms with Crippen LogP contribution in [0.1, 0.15) is 37.8 Å². The van der Waals surface area contributed by atoms with Gasteiger partial charge in [-0.15, -0.1) is 0 Å². The highest BCUT2D eigenvalue weighted by Crippen LogP contribution is 2.30. The summed E-state index contributed by atoms with van der Waals surface area (Å²) >= 11 is 0. The van der Waals surface area contributed by atoms with Crippen LogP contribution < -0.4 is 20.0 Å². The first-order valence-corrected chi connectivity index (χ1v) is 14.3. The Morgan fingerprint density at radius 1 is 1.05 bits per heavy atom. The van der Waals surface area contributed by atoms with Gasteiger partial charge in [0, 0.05) is 77.2 Å². The van der Waals surface area contributed by atoms with E-state index in [1.807, 2.05) is 12.3 Å². The molecule has 9 nitrogen and oxygen atoms in total. The molecule has 0 bridgehead atoms. The molecule has 4 heterocycles. The Morgan fingerprint density at radius 2 is 1.76 bits per heavy atom. The summed E-state index contributed by atoms with van der Waals surface area (Å²) in [5, 5.41) is 2.58. The lowest BCUT2D eigenvalue weighted by atomic mass is 10.1. The van der Waals surface area contributed by atoms with Crippen molar-refractivity contribution < 1.29 is 13.9 Å². The van der Waals surface area contributed by atoms with E-state index in [1.165, 1.54) is 30.2 Å². The lowest BCUT2D eigenvalue weighted by molar-refractivity contribution is -0.119. The number of hydrogen-bond donors (Lipinski definition) is 1. The third kappa shape index (κ3) is 8.13. The second-order valence-electron chi connectivity index (χ2n) is 10.7. The van der Waals surface area contributed by atoms with Crippen molar-refractivity contribution in [2.75, 3.05) is 67.7 Å². The molecule has 2 aliphatic rings. The van der Waals surface area contributed by atoms with Crippen LogP contribution in [0.3, 0.4) is 0 Å². The molecule has 10 heteroatoms. The molecule has 2 aromatic heterocycles. The number of piperazine rings is 1. The number of benzene rings is 1. The predicted octanol–water partition coefficient (Wildman–Crippen LogP) is 4.38. The van der Waals surface area contributed by atoms with Gasteiger partial charge in [-0.2, -0.15) is 4.98 Å². The zero-order valence-corrected chi connectivity index (χ0v) is 24.9. The van der Waals surface area contributed by atoms with Gasteiger partial charge in [-0.1, -0.05) is 6.07 Å². The molecular weight excluding hydrogens is 521 g/mol. The number of hydrogen-bond acceptors (Lipinski definition) is 8. The Morgan fingerprint density at radius 3 is 2.37 bits per heavy atom. The van der Waals surface area contributed by atoms with Crippen molar-refractivity contribution in [1.29, 1.82) is 0 Å². The van der Waals surface area contributed by atoms with Gasteiger partial charge in [-0.3, -0.25) is 4.79 Å². The van der Waals surface area contributed by atoms with Gasteiger partial charge in [0.1, 0.15) is 17.5 Å². The predicted molar refractivity (Wildman–Crippen MR) is 162 cm³/mol. The van der Waals surface area contributed by atoms with Crippen LogP contribution in [-0.4, -0.2) is 79.9 Å². The molecule has 41 heavy (non-hydrogen) atoms. The Bertz CT molecular complexity index is 1300. The van der Waals surface area contributed by atoms with Crippen molar-refractivity contribution in [3.05, 3.63) is 59.5 Å². The van der Waals surface area contributed by atoms with Crippen LogP contribution in [0.15, 0.2) is 42.6 Å². The van der Waals surface area contributed by atoms with Gasteiger partial charge < -0.3 is 24.8 Å².